The number of ether oxygens (including phenoxy) is 1. The molecule has 32 heavy (non-hydrogen) atoms. The van der Waals surface area contributed by atoms with Crippen LogP contribution >= 0.6 is 27.3 Å². The summed E-state index contributed by atoms with van der Waals surface area (Å²) in [5, 5.41) is 9.00. The highest BCUT2D eigenvalue weighted by molar-refractivity contribution is 9.10. The van der Waals surface area contributed by atoms with Crippen LogP contribution in [0, 0.1) is 5.82 Å². The van der Waals surface area contributed by atoms with Crippen molar-refractivity contribution in [3.8, 4) is 5.69 Å². The lowest BCUT2D eigenvalue weighted by molar-refractivity contribution is 0.0520. The van der Waals surface area contributed by atoms with Crippen molar-refractivity contribution < 1.29 is 18.7 Å². The van der Waals surface area contributed by atoms with Crippen LogP contribution in [0.1, 0.15) is 27.8 Å². The highest BCUT2D eigenvalue weighted by atomic mass is 79.9. The van der Waals surface area contributed by atoms with Gasteiger partial charge < -0.3 is 10.1 Å². The summed E-state index contributed by atoms with van der Waals surface area (Å²) in [6.45, 7) is 1.76. The van der Waals surface area contributed by atoms with E-state index in [1.807, 2.05) is 0 Å². The lowest BCUT2D eigenvalue weighted by Crippen LogP contribution is -2.25. The van der Waals surface area contributed by atoms with E-state index in [1.54, 1.807) is 36.6 Å². The maximum atomic E-state index is 13.8. The van der Waals surface area contributed by atoms with E-state index in [1.165, 1.54) is 18.2 Å². The predicted molar refractivity (Wildman–Crippen MR) is 123 cm³/mol. The monoisotopic (exact) mass is 515 g/mol. The Hall–Kier alpha value is -3.37. The number of benzene rings is 2. The minimum absolute atomic E-state index is 0.0812. The summed E-state index contributed by atoms with van der Waals surface area (Å²) in [5.74, 6) is -1.74. The summed E-state index contributed by atoms with van der Waals surface area (Å²) in [5.41, 5.74) is -0.207. The van der Waals surface area contributed by atoms with Crippen LogP contribution in [0.5, 0.6) is 0 Å². The number of hydrogen-bond acceptors (Lipinski definition) is 6. The Bertz CT molecular complexity index is 1420. The van der Waals surface area contributed by atoms with Gasteiger partial charge in [-0.1, -0.05) is 18.2 Å². The molecule has 0 aliphatic heterocycles. The van der Waals surface area contributed by atoms with Crippen molar-refractivity contribution in [1.82, 2.24) is 9.78 Å². The summed E-state index contributed by atoms with van der Waals surface area (Å²) in [7, 11) is 0. The molecule has 0 aliphatic rings. The molecular weight excluding hydrogens is 501 g/mol. The number of esters is 1. The van der Waals surface area contributed by atoms with E-state index < -0.39 is 23.3 Å². The van der Waals surface area contributed by atoms with Crippen LogP contribution < -0.4 is 10.9 Å². The number of thiophene rings is 1. The van der Waals surface area contributed by atoms with Gasteiger partial charge >= 0.3 is 5.97 Å². The Morgan fingerprint density at radius 2 is 2.00 bits per heavy atom. The first kappa shape index (κ1) is 21.8. The largest absolute Gasteiger partial charge is 0.461 e. The van der Waals surface area contributed by atoms with Gasteiger partial charge in [0, 0.05) is 15.2 Å². The lowest BCUT2D eigenvalue weighted by atomic mass is 10.2. The Kier molecular flexibility index (Phi) is 6.15. The second-order valence-corrected chi connectivity index (χ2v) is 8.29. The number of halogens is 2. The Balaban J connectivity index is 1.91. The first-order chi connectivity index (χ1) is 15.4. The number of hydrogen-bond donors (Lipinski definition) is 1. The molecular formula is C22H15BrFN3O4S. The number of anilines is 1. The zero-order chi connectivity index (χ0) is 22.8. The summed E-state index contributed by atoms with van der Waals surface area (Å²) in [4.78, 5) is 38.7. The van der Waals surface area contributed by atoms with E-state index in [2.05, 4.69) is 26.3 Å². The molecule has 0 unspecified atom stereocenters. The molecule has 10 heteroatoms. The molecule has 0 atom stereocenters. The first-order valence-electron chi connectivity index (χ1n) is 9.44. The number of rotatable bonds is 5. The van der Waals surface area contributed by atoms with Gasteiger partial charge in [-0.3, -0.25) is 9.59 Å². The van der Waals surface area contributed by atoms with Gasteiger partial charge in [-0.25, -0.2) is 9.18 Å². The molecule has 162 valence electrons. The molecule has 0 saturated carbocycles. The van der Waals surface area contributed by atoms with Crippen LogP contribution in [0.2, 0.25) is 0 Å². The molecule has 2 aromatic heterocycles. The van der Waals surface area contributed by atoms with Crippen LogP contribution in [0.25, 0.3) is 16.5 Å². The molecule has 4 aromatic rings. The SMILES string of the molecule is CCOC(=O)c1nn(-c2cccc(F)c2)c(=O)c2c(NC(=O)c3ccccc3Br)scc12. The number of aromatic nitrogens is 2. The van der Waals surface area contributed by atoms with Crippen LogP contribution in [0.15, 0.2) is 63.2 Å². The molecule has 7 nitrogen and oxygen atoms in total. The van der Waals surface area contributed by atoms with Gasteiger partial charge in [0.1, 0.15) is 10.8 Å². The fraction of sp³-hybridized carbons (Fsp3) is 0.0909. The van der Waals surface area contributed by atoms with E-state index >= 15 is 0 Å². The van der Waals surface area contributed by atoms with Crippen LogP contribution in [-0.2, 0) is 4.74 Å². The average Bonchev–Trinajstić information content (AvgIpc) is 3.18. The Morgan fingerprint density at radius 3 is 2.72 bits per heavy atom. The molecule has 0 saturated heterocycles. The Morgan fingerprint density at radius 1 is 1.22 bits per heavy atom. The standard InChI is InChI=1S/C22H15BrFN3O4S/c1-2-31-22(30)18-15-11-32-20(25-19(28)14-8-3-4-9-16(14)23)17(15)21(29)27(26-18)13-7-5-6-12(24)10-13/h3-11H,2H2,1H3,(H,25,28). The third-order valence-electron chi connectivity index (χ3n) is 4.52. The van der Waals surface area contributed by atoms with Crippen molar-refractivity contribution in [3.05, 3.63) is 85.8 Å². The highest BCUT2D eigenvalue weighted by Gasteiger charge is 2.23. The fourth-order valence-corrected chi connectivity index (χ4v) is 4.49. The fourth-order valence-electron chi connectivity index (χ4n) is 3.09. The van der Waals surface area contributed by atoms with Crippen LogP contribution in [0.4, 0.5) is 9.39 Å². The van der Waals surface area contributed by atoms with Gasteiger partial charge in [0.15, 0.2) is 5.69 Å². The highest BCUT2D eigenvalue weighted by Crippen LogP contribution is 2.31. The van der Waals surface area contributed by atoms with E-state index in [0.29, 0.717) is 10.0 Å². The minimum Gasteiger partial charge on any atom is -0.461 e. The normalized spacial score (nSPS) is 10.8. The van der Waals surface area contributed by atoms with Gasteiger partial charge in [0.25, 0.3) is 11.5 Å². The average molecular weight is 516 g/mol. The summed E-state index contributed by atoms with van der Waals surface area (Å²) < 4.78 is 20.4. The van der Waals surface area contributed by atoms with E-state index in [-0.39, 0.29) is 33.8 Å². The van der Waals surface area contributed by atoms with Crippen molar-refractivity contribution in [3.63, 3.8) is 0 Å². The van der Waals surface area contributed by atoms with Gasteiger partial charge in [-0.15, -0.1) is 11.3 Å². The number of nitrogens with one attached hydrogen (secondary N) is 1. The molecule has 0 radical (unpaired) electrons. The van der Waals surface area contributed by atoms with Crippen molar-refractivity contribution in [1.29, 1.82) is 0 Å². The van der Waals surface area contributed by atoms with Gasteiger partial charge in [-0.05, 0) is 53.2 Å². The van der Waals surface area contributed by atoms with Gasteiger partial charge in [-0.2, -0.15) is 9.78 Å². The molecule has 1 N–H and O–H groups in total. The van der Waals surface area contributed by atoms with Crippen molar-refractivity contribution in [2.24, 2.45) is 0 Å². The smallest absolute Gasteiger partial charge is 0.359 e. The quantitative estimate of drug-likeness (QED) is 0.386. The molecule has 0 spiro atoms. The van der Waals surface area contributed by atoms with Crippen molar-refractivity contribution in [2.45, 2.75) is 6.92 Å². The second-order valence-electron chi connectivity index (χ2n) is 6.55. The number of fused-ring (bicyclic) bond motifs is 1. The van der Waals surface area contributed by atoms with Crippen LogP contribution in [0.3, 0.4) is 0 Å². The van der Waals surface area contributed by atoms with Crippen molar-refractivity contribution >= 4 is 54.9 Å². The third-order valence-corrected chi connectivity index (χ3v) is 6.11. The number of carbonyl (C=O) groups excluding carboxylic acids is 2. The minimum atomic E-state index is -0.732. The third kappa shape index (κ3) is 4.06. The van der Waals surface area contributed by atoms with E-state index in [9.17, 15) is 18.8 Å². The van der Waals surface area contributed by atoms with Crippen LogP contribution in [-0.4, -0.2) is 28.3 Å². The topological polar surface area (TPSA) is 90.3 Å². The molecule has 2 aromatic carbocycles. The number of nitrogens with zero attached hydrogens (tertiary/aromatic N) is 2. The van der Waals surface area contributed by atoms with E-state index in [4.69, 9.17) is 4.74 Å². The predicted octanol–water partition coefficient (Wildman–Crippen LogP) is 4.78. The number of amides is 1. The summed E-state index contributed by atoms with van der Waals surface area (Å²) in [6.07, 6.45) is 0. The van der Waals surface area contributed by atoms with Gasteiger partial charge in [0.05, 0.1) is 23.2 Å². The maximum absolute atomic E-state index is 13.8. The molecule has 2 heterocycles. The van der Waals surface area contributed by atoms with Gasteiger partial charge in [0.2, 0.25) is 0 Å². The van der Waals surface area contributed by atoms with E-state index in [0.717, 1.165) is 22.1 Å². The molecule has 0 aliphatic carbocycles. The lowest BCUT2D eigenvalue weighted by Gasteiger charge is -2.10. The molecule has 0 bridgehead atoms. The summed E-state index contributed by atoms with van der Waals surface area (Å²) in [6, 6.07) is 12.1. The Labute approximate surface area is 193 Å². The molecule has 1 amide bonds. The zero-order valence-corrected chi connectivity index (χ0v) is 19.0. The second kappa shape index (κ2) is 9.01. The first-order valence-corrected chi connectivity index (χ1v) is 11.1. The number of carbonyl (C=O) groups is 2. The molecule has 4 rings (SSSR count). The zero-order valence-electron chi connectivity index (χ0n) is 16.6. The van der Waals surface area contributed by atoms with Crippen molar-refractivity contribution in [2.75, 3.05) is 11.9 Å². The molecule has 0 fully saturated rings. The summed E-state index contributed by atoms with van der Waals surface area (Å²) >= 11 is 4.41. The maximum Gasteiger partial charge on any atom is 0.359 e.